The number of rotatable bonds is 6. The van der Waals surface area contributed by atoms with Gasteiger partial charge in [-0.05, 0) is 30.2 Å². The van der Waals surface area contributed by atoms with Crippen LogP contribution in [0.3, 0.4) is 0 Å². The highest BCUT2D eigenvalue weighted by atomic mass is 15.2. The molecule has 6 aromatic rings. The van der Waals surface area contributed by atoms with Crippen molar-refractivity contribution in [3.63, 3.8) is 0 Å². The Morgan fingerprint density at radius 1 is 0.675 bits per heavy atom. The van der Waals surface area contributed by atoms with Crippen molar-refractivity contribution in [3.05, 3.63) is 133 Å². The van der Waals surface area contributed by atoms with Gasteiger partial charge < -0.3 is 0 Å². The van der Waals surface area contributed by atoms with Crippen molar-refractivity contribution in [3.8, 4) is 45.2 Å². The fraction of sp³-hybridized carbons (Fsp3) is 0.0833. The molecular formula is C36H32N4. The van der Waals surface area contributed by atoms with Crippen LogP contribution in [0.25, 0.3) is 62.8 Å². The molecule has 3 heterocycles. The summed E-state index contributed by atoms with van der Waals surface area (Å²) in [7, 11) is 0. The molecule has 0 bridgehead atoms. The zero-order chi connectivity index (χ0) is 27.9. The van der Waals surface area contributed by atoms with E-state index >= 15 is 0 Å². The number of hydrogen-bond donors (Lipinski definition) is 0. The quantitative estimate of drug-likeness (QED) is 0.220. The topological polar surface area (TPSA) is 43.1 Å². The molecule has 0 fully saturated rings. The van der Waals surface area contributed by atoms with Gasteiger partial charge in [0, 0.05) is 22.9 Å². The van der Waals surface area contributed by atoms with Gasteiger partial charge in [-0.3, -0.25) is 0 Å². The Morgan fingerprint density at radius 2 is 1.25 bits per heavy atom. The summed E-state index contributed by atoms with van der Waals surface area (Å²) in [5.74, 6) is 0.676. The van der Waals surface area contributed by atoms with E-state index in [-0.39, 0.29) is 0 Å². The van der Waals surface area contributed by atoms with Crippen LogP contribution in [0.4, 0.5) is 0 Å². The van der Waals surface area contributed by atoms with Crippen molar-refractivity contribution in [1.82, 2.24) is 19.6 Å². The molecule has 4 nitrogen and oxygen atoms in total. The van der Waals surface area contributed by atoms with Crippen molar-refractivity contribution in [2.24, 2.45) is 0 Å². The lowest BCUT2D eigenvalue weighted by atomic mass is 10.0. The second-order valence-electron chi connectivity index (χ2n) is 9.00. The summed E-state index contributed by atoms with van der Waals surface area (Å²) in [5, 5.41) is 5.07. The van der Waals surface area contributed by atoms with Gasteiger partial charge in [-0.2, -0.15) is 5.10 Å². The minimum atomic E-state index is 0.676. The lowest BCUT2D eigenvalue weighted by Gasteiger charge is -2.10. The molecule has 0 atom stereocenters. The van der Waals surface area contributed by atoms with Crippen molar-refractivity contribution in [2.75, 3.05) is 0 Å². The maximum atomic E-state index is 5.12. The van der Waals surface area contributed by atoms with Crippen LogP contribution in [-0.2, 0) is 0 Å². The molecule has 0 N–H and O–H groups in total. The van der Waals surface area contributed by atoms with Crippen LogP contribution in [0.5, 0.6) is 0 Å². The maximum Gasteiger partial charge on any atom is 0.160 e. The van der Waals surface area contributed by atoms with Gasteiger partial charge in [0.25, 0.3) is 0 Å². The molecule has 40 heavy (non-hydrogen) atoms. The van der Waals surface area contributed by atoms with Crippen LogP contribution in [0.1, 0.15) is 31.9 Å². The van der Waals surface area contributed by atoms with E-state index in [2.05, 4.69) is 55.3 Å². The Hall–Kier alpha value is -5.09. The summed E-state index contributed by atoms with van der Waals surface area (Å²) in [6, 6.07) is 34.8. The third-order valence-electron chi connectivity index (χ3n) is 6.53. The van der Waals surface area contributed by atoms with Gasteiger partial charge in [0.15, 0.2) is 5.82 Å². The molecule has 0 saturated carbocycles. The Kier molecular flexibility index (Phi) is 8.07. The SMILES string of the molecule is C=Cc1cc2c(-c3cc(-c4ccccc4)nc(-c4ccccc4)n3)c(-c3ccccc3)nn2cc1/C=C\C.CC. The van der Waals surface area contributed by atoms with E-state index in [0.717, 1.165) is 56.0 Å². The minimum Gasteiger partial charge on any atom is -0.239 e. The second-order valence-corrected chi connectivity index (χ2v) is 9.00. The average molecular weight is 521 g/mol. The zero-order valence-electron chi connectivity index (χ0n) is 23.1. The lowest BCUT2D eigenvalue weighted by molar-refractivity contribution is 0.962. The van der Waals surface area contributed by atoms with Crippen LogP contribution < -0.4 is 0 Å². The van der Waals surface area contributed by atoms with E-state index in [9.17, 15) is 0 Å². The number of benzene rings is 3. The summed E-state index contributed by atoms with van der Waals surface area (Å²) in [4.78, 5) is 10.1. The molecule has 3 aromatic carbocycles. The first kappa shape index (κ1) is 26.5. The third kappa shape index (κ3) is 5.25. The summed E-state index contributed by atoms with van der Waals surface area (Å²) >= 11 is 0. The van der Waals surface area contributed by atoms with Crippen molar-refractivity contribution >= 4 is 17.7 Å². The number of pyridine rings is 1. The van der Waals surface area contributed by atoms with E-state index in [1.54, 1.807) is 0 Å². The molecule has 0 unspecified atom stereocenters. The van der Waals surface area contributed by atoms with Gasteiger partial charge in [-0.1, -0.05) is 130 Å². The van der Waals surface area contributed by atoms with Gasteiger partial charge >= 0.3 is 0 Å². The monoisotopic (exact) mass is 520 g/mol. The van der Waals surface area contributed by atoms with E-state index < -0.39 is 0 Å². The normalized spacial score (nSPS) is 10.9. The molecule has 0 spiro atoms. The fourth-order valence-electron chi connectivity index (χ4n) is 4.72. The molecular weight excluding hydrogens is 488 g/mol. The number of fused-ring (bicyclic) bond motifs is 1. The standard InChI is InChI=1S/C34H26N4.C2H6/c1-3-14-28-23-38-31(21-24(28)4-2)32(33(37-38)26-17-10-6-11-18-26)30-22-29(25-15-8-5-9-16-25)35-34(36-30)27-19-12-7-13-20-27;1-2/h3-23H,2H2,1H3;1-2H3/b14-3-;. The summed E-state index contributed by atoms with van der Waals surface area (Å²) < 4.78 is 1.95. The number of nitrogens with zero attached hydrogens (tertiary/aromatic N) is 4. The first-order valence-corrected chi connectivity index (χ1v) is 13.6. The van der Waals surface area contributed by atoms with Gasteiger partial charge in [0.05, 0.1) is 22.5 Å². The first-order chi connectivity index (χ1) is 19.7. The van der Waals surface area contributed by atoms with Crippen LogP contribution in [0.15, 0.2) is 122 Å². The molecule has 0 amide bonds. The third-order valence-corrected chi connectivity index (χ3v) is 6.53. The van der Waals surface area contributed by atoms with Gasteiger partial charge in [0.1, 0.15) is 5.69 Å². The van der Waals surface area contributed by atoms with E-state index in [1.165, 1.54) is 0 Å². The largest absolute Gasteiger partial charge is 0.239 e. The Balaban J connectivity index is 0.00000158. The Morgan fingerprint density at radius 3 is 1.85 bits per heavy atom. The summed E-state index contributed by atoms with van der Waals surface area (Å²) in [5.41, 5.74) is 9.60. The Bertz CT molecular complexity index is 1710. The van der Waals surface area contributed by atoms with E-state index in [1.807, 2.05) is 104 Å². The molecule has 196 valence electrons. The average Bonchev–Trinajstić information content (AvgIpc) is 3.41. The predicted octanol–water partition coefficient (Wildman–Crippen LogP) is 9.49. The summed E-state index contributed by atoms with van der Waals surface area (Å²) in [6.07, 6.45) is 8.05. The predicted molar refractivity (Wildman–Crippen MR) is 169 cm³/mol. The molecule has 0 saturated heterocycles. The highest BCUT2D eigenvalue weighted by Gasteiger charge is 2.21. The molecule has 0 aliphatic rings. The molecule has 6 rings (SSSR count). The fourth-order valence-corrected chi connectivity index (χ4v) is 4.72. The van der Waals surface area contributed by atoms with Crippen molar-refractivity contribution in [2.45, 2.75) is 20.8 Å². The minimum absolute atomic E-state index is 0.676. The lowest BCUT2D eigenvalue weighted by Crippen LogP contribution is -1.97. The smallest absolute Gasteiger partial charge is 0.160 e. The van der Waals surface area contributed by atoms with Crippen LogP contribution in [0.2, 0.25) is 0 Å². The van der Waals surface area contributed by atoms with Crippen LogP contribution >= 0.6 is 0 Å². The van der Waals surface area contributed by atoms with Crippen molar-refractivity contribution in [1.29, 1.82) is 0 Å². The highest BCUT2D eigenvalue weighted by molar-refractivity contribution is 5.93. The number of allylic oxidation sites excluding steroid dienone is 1. The number of aromatic nitrogens is 4. The Labute approximate surface area is 236 Å². The van der Waals surface area contributed by atoms with Crippen molar-refractivity contribution < 1.29 is 0 Å². The molecule has 0 aliphatic carbocycles. The zero-order valence-corrected chi connectivity index (χ0v) is 23.1. The van der Waals surface area contributed by atoms with Crippen LogP contribution in [0, 0.1) is 0 Å². The second kappa shape index (κ2) is 12.2. The molecule has 0 radical (unpaired) electrons. The molecule has 3 aromatic heterocycles. The first-order valence-electron chi connectivity index (χ1n) is 13.6. The molecule has 0 aliphatic heterocycles. The molecule has 4 heteroatoms. The van der Waals surface area contributed by atoms with E-state index in [4.69, 9.17) is 15.1 Å². The van der Waals surface area contributed by atoms with Crippen LogP contribution in [-0.4, -0.2) is 19.6 Å². The van der Waals surface area contributed by atoms with Gasteiger partial charge in [0.2, 0.25) is 0 Å². The van der Waals surface area contributed by atoms with E-state index in [0.29, 0.717) is 5.82 Å². The van der Waals surface area contributed by atoms with Gasteiger partial charge in [-0.15, -0.1) is 0 Å². The van der Waals surface area contributed by atoms with Gasteiger partial charge in [-0.25, -0.2) is 14.5 Å². The highest BCUT2D eigenvalue weighted by Crippen LogP contribution is 2.37. The maximum absolute atomic E-state index is 5.12. The summed E-state index contributed by atoms with van der Waals surface area (Å²) in [6.45, 7) is 10.1. The number of hydrogen-bond acceptors (Lipinski definition) is 3.